The molecule has 4 rings (SSSR count). The zero-order valence-electron chi connectivity index (χ0n) is 21.4. The zero-order valence-corrected chi connectivity index (χ0v) is 23.0. The van der Waals surface area contributed by atoms with Gasteiger partial charge in [0.25, 0.3) is 5.91 Å². The number of ether oxygens (including phenoxy) is 2. The summed E-state index contributed by atoms with van der Waals surface area (Å²) in [7, 11) is -0.864. The molecule has 0 saturated heterocycles. The van der Waals surface area contributed by atoms with Crippen molar-refractivity contribution in [3.8, 4) is 0 Å². The number of aromatic nitrogens is 1. The lowest BCUT2D eigenvalue weighted by Crippen LogP contribution is -2.36. The number of methoxy groups -OCH3 is 2. The highest BCUT2D eigenvalue weighted by Gasteiger charge is 2.26. The van der Waals surface area contributed by atoms with Gasteiger partial charge in [-0.3, -0.25) is 4.79 Å². The molecule has 1 heterocycles. The Hall–Kier alpha value is -3.55. The maximum Gasteiger partial charge on any atom is 0.280 e. The maximum atomic E-state index is 13.8. The normalized spacial score (nSPS) is 12.0. The van der Waals surface area contributed by atoms with Gasteiger partial charge in [0.2, 0.25) is 15.2 Å². The molecule has 0 N–H and O–H groups in total. The average molecular weight is 571 g/mol. The third-order valence-corrected chi connectivity index (χ3v) is 8.57. The van der Waals surface area contributed by atoms with Crippen molar-refractivity contribution in [2.45, 2.75) is 4.90 Å². The lowest BCUT2D eigenvalue weighted by molar-refractivity contribution is 0.0987. The first-order valence-corrected chi connectivity index (χ1v) is 14.2. The van der Waals surface area contributed by atoms with E-state index in [1.54, 1.807) is 0 Å². The number of hydrogen-bond acceptors (Lipinski definition) is 8. The Morgan fingerprint density at radius 2 is 1.67 bits per heavy atom. The van der Waals surface area contributed by atoms with E-state index in [1.165, 1.54) is 67.2 Å². The molecule has 3 aromatic carbocycles. The highest BCUT2D eigenvalue weighted by Crippen LogP contribution is 2.31. The fourth-order valence-electron chi connectivity index (χ4n) is 3.61. The monoisotopic (exact) mass is 570 g/mol. The molecule has 1 aromatic heterocycles. The van der Waals surface area contributed by atoms with E-state index >= 15 is 0 Å². The van der Waals surface area contributed by atoms with Crippen LogP contribution in [0.3, 0.4) is 0 Å². The molecule has 0 radical (unpaired) electrons. The third kappa shape index (κ3) is 6.91. The van der Waals surface area contributed by atoms with E-state index in [4.69, 9.17) is 9.47 Å². The Bertz CT molecular complexity index is 1540. The lowest BCUT2D eigenvalue weighted by atomic mass is 10.2. The standard InChI is InChI=1S/C27H27FN4O5S2/c1-36-16-14-31(15-17-37-2)39(34,35)23-11-8-21(9-12-23)26(33)32(29-19-20-6-4-3-5-7-20)27-30-24-13-10-22(28)18-25(24)38-27/h3-13,18-19H,14-17H2,1-2H3/b29-19+. The molecule has 0 saturated carbocycles. The number of thiazole rings is 1. The predicted octanol–water partition coefficient (Wildman–Crippen LogP) is 4.40. The van der Waals surface area contributed by atoms with Crippen molar-refractivity contribution >= 4 is 48.8 Å². The van der Waals surface area contributed by atoms with Crippen LogP contribution < -0.4 is 5.01 Å². The van der Waals surface area contributed by atoms with E-state index in [1.807, 2.05) is 30.3 Å². The highest BCUT2D eigenvalue weighted by molar-refractivity contribution is 7.89. The molecule has 0 bridgehead atoms. The number of halogens is 1. The largest absolute Gasteiger partial charge is 0.383 e. The smallest absolute Gasteiger partial charge is 0.280 e. The predicted molar refractivity (Wildman–Crippen MR) is 149 cm³/mol. The molecule has 204 valence electrons. The Balaban J connectivity index is 1.66. The number of carbonyl (C=O) groups is 1. The SMILES string of the molecule is COCCN(CCOC)S(=O)(=O)c1ccc(C(=O)N(/N=C/c2ccccc2)c2nc3ccc(F)cc3s2)cc1. The summed E-state index contributed by atoms with van der Waals surface area (Å²) in [5.74, 6) is -0.938. The molecule has 39 heavy (non-hydrogen) atoms. The fourth-order valence-corrected chi connectivity index (χ4v) is 5.96. The minimum Gasteiger partial charge on any atom is -0.383 e. The summed E-state index contributed by atoms with van der Waals surface area (Å²) in [6.45, 7) is 0.756. The average Bonchev–Trinajstić information content (AvgIpc) is 3.36. The van der Waals surface area contributed by atoms with Crippen LogP contribution in [-0.4, -0.2) is 70.4 Å². The van der Waals surface area contributed by atoms with Crippen LogP contribution in [0.15, 0.2) is 82.8 Å². The van der Waals surface area contributed by atoms with Crippen LogP contribution in [0.25, 0.3) is 10.2 Å². The van der Waals surface area contributed by atoms with Crippen LogP contribution in [0.4, 0.5) is 9.52 Å². The van der Waals surface area contributed by atoms with Gasteiger partial charge in [-0.15, -0.1) is 0 Å². The lowest BCUT2D eigenvalue weighted by Gasteiger charge is -2.21. The van der Waals surface area contributed by atoms with E-state index in [0.29, 0.717) is 10.2 Å². The van der Waals surface area contributed by atoms with Gasteiger partial charge in [0.15, 0.2) is 0 Å². The summed E-state index contributed by atoms with van der Waals surface area (Å²) in [5, 5.41) is 5.76. The van der Waals surface area contributed by atoms with E-state index < -0.39 is 21.7 Å². The Morgan fingerprint density at radius 1 is 1.00 bits per heavy atom. The van der Waals surface area contributed by atoms with E-state index in [2.05, 4.69) is 10.1 Å². The van der Waals surface area contributed by atoms with Crippen LogP contribution in [-0.2, 0) is 19.5 Å². The minimum absolute atomic E-state index is 0.0288. The van der Waals surface area contributed by atoms with Gasteiger partial charge in [0.1, 0.15) is 5.82 Å². The summed E-state index contributed by atoms with van der Waals surface area (Å²) >= 11 is 1.12. The van der Waals surface area contributed by atoms with E-state index in [-0.39, 0.29) is 41.9 Å². The van der Waals surface area contributed by atoms with Gasteiger partial charge in [0, 0.05) is 32.9 Å². The number of fused-ring (bicyclic) bond motifs is 1. The third-order valence-electron chi connectivity index (χ3n) is 5.66. The fraction of sp³-hybridized carbons (Fsp3) is 0.222. The quantitative estimate of drug-likeness (QED) is 0.185. The van der Waals surface area contributed by atoms with E-state index in [0.717, 1.165) is 21.9 Å². The molecule has 0 aliphatic heterocycles. The molecule has 4 aromatic rings. The molecule has 1 amide bonds. The topological polar surface area (TPSA) is 101 Å². The molecular weight excluding hydrogens is 543 g/mol. The van der Waals surface area contributed by atoms with Gasteiger partial charge in [-0.2, -0.15) is 14.4 Å². The molecule has 0 spiro atoms. The van der Waals surface area contributed by atoms with Gasteiger partial charge in [0.05, 0.1) is 34.5 Å². The molecule has 9 nitrogen and oxygen atoms in total. The molecule has 0 aliphatic carbocycles. The highest BCUT2D eigenvalue weighted by atomic mass is 32.2. The number of sulfonamides is 1. The number of anilines is 1. The van der Waals surface area contributed by atoms with Gasteiger partial charge < -0.3 is 9.47 Å². The first-order chi connectivity index (χ1) is 18.8. The van der Waals surface area contributed by atoms with Gasteiger partial charge >= 0.3 is 0 Å². The second-order valence-corrected chi connectivity index (χ2v) is 11.2. The number of nitrogens with zero attached hydrogens (tertiary/aromatic N) is 4. The number of benzene rings is 3. The van der Waals surface area contributed by atoms with Crippen molar-refractivity contribution in [1.82, 2.24) is 9.29 Å². The number of hydrazone groups is 1. The molecule has 12 heteroatoms. The maximum absolute atomic E-state index is 13.8. The van der Waals surface area contributed by atoms with Crippen LogP contribution in [0.2, 0.25) is 0 Å². The Morgan fingerprint density at radius 3 is 2.31 bits per heavy atom. The summed E-state index contributed by atoms with van der Waals surface area (Å²) in [6.07, 6.45) is 1.52. The van der Waals surface area contributed by atoms with Crippen LogP contribution in [0.1, 0.15) is 15.9 Å². The van der Waals surface area contributed by atoms with Gasteiger partial charge in [-0.25, -0.2) is 17.8 Å². The summed E-state index contributed by atoms with van der Waals surface area (Å²) in [5.41, 5.74) is 1.48. The van der Waals surface area contributed by atoms with E-state index in [9.17, 15) is 17.6 Å². The Labute approximate surface area is 230 Å². The molecule has 0 atom stereocenters. The molecule has 0 aliphatic rings. The summed E-state index contributed by atoms with van der Waals surface area (Å²) in [6, 6.07) is 19.0. The second-order valence-electron chi connectivity index (χ2n) is 8.29. The number of rotatable bonds is 12. The van der Waals surface area contributed by atoms with Crippen molar-refractivity contribution in [3.63, 3.8) is 0 Å². The first kappa shape index (κ1) is 28.5. The zero-order chi connectivity index (χ0) is 27.8. The first-order valence-electron chi connectivity index (χ1n) is 11.9. The summed E-state index contributed by atoms with van der Waals surface area (Å²) < 4.78 is 52.1. The van der Waals surface area contributed by atoms with Crippen molar-refractivity contribution in [2.24, 2.45) is 5.10 Å². The second kappa shape index (κ2) is 13.0. The number of amides is 1. The molecule has 0 fully saturated rings. The van der Waals surface area contributed by atoms with Crippen molar-refractivity contribution < 1.29 is 27.1 Å². The number of carbonyl (C=O) groups excluding carboxylic acids is 1. The van der Waals surface area contributed by atoms with Crippen molar-refractivity contribution in [1.29, 1.82) is 0 Å². The van der Waals surface area contributed by atoms with Crippen LogP contribution >= 0.6 is 11.3 Å². The van der Waals surface area contributed by atoms with Crippen molar-refractivity contribution in [2.75, 3.05) is 45.5 Å². The number of hydrogen-bond donors (Lipinski definition) is 0. The summed E-state index contributed by atoms with van der Waals surface area (Å²) in [4.78, 5) is 18.1. The molecular formula is C27H27FN4O5S2. The van der Waals surface area contributed by atoms with Gasteiger partial charge in [-0.1, -0.05) is 41.7 Å². The minimum atomic E-state index is -3.86. The Kier molecular flexibility index (Phi) is 9.49. The van der Waals surface area contributed by atoms with Crippen molar-refractivity contribution in [3.05, 3.63) is 89.7 Å². The van der Waals surface area contributed by atoms with Crippen LogP contribution in [0, 0.1) is 5.82 Å². The molecule has 0 unspecified atom stereocenters. The van der Waals surface area contributed by atoms with Crippen LogP contribution in [0.5, 0.6) is 0 Å². The van der Waals surface area contributed by atoms with Gasteiger partial charge in [-0.05, 0) is 48.0 Å².